The molecular weight excluding hydrogens is 362 g/mol. The Bertz CT molecular complexity index is 925. The lowest BCUT2D eigenvalue weighted by atomic mass is 10.0. The molecule has 3 aromatic rings. The third kappa shape index (κ3) is 4.71. The predicted molar refractivity (Wildman–Crippen MR) is 112 cm³/mol. The summed E-state index contributed by atoms with van der Waals surface area (Å²) in [5.74, 6) is 0.0208. The summed E-state index contributed by atoms with van der Waals surface area (Å²) in [5.41, 5.74) is 2.90. The monoisotopic (exact) mass is 389 g/mol. The van der Waals surface area contributed by atoms with Gasteiger partial charge < -0.3 is 10.6 Å². The number of nitrogens with zero attached hydrogens (tertiary/aromatic N) is 3. The van der Waals surface area contributed by atoms with E-state index in [0.717, 1.165) is 36.1 Å². The zero-order valence-corrected chi connectivity index (χ0v) is 16.7. The van der Waals surface area contributed by atoms with Gasteiger partial charge in [0.2, 0.25) is 5.91 Å². The molecule has 2 unspecified atom stereocenters. The van der Waals surface area contributed by atoms with E-state index < -0.39 is 0 Å². The molecule has 1 saturated heterocycles. The maximum atomic E-state index is 12.9. The highest BCUT2D eigenvalue weighted by atomic mass is 16.2. The molecule has 29 heavy (non-hydrogen) atoms. The molecule has 0 radical (unpaired) electrons. The number of carbonyl (C=O) groups excluding carboxylic acids is 1. The fraction of sp³-hybridized carbons (Fsp3) is 0.348. The third-order valence-electron chi connectivity index (χ3n) is 5.51. The molecule has 3 atom stereocenters. The summed E-state index contributed by atoms with van der Waals surface area (Å²) < 4.78 is 1.81. The molecule has 1 aliphatic rings. The van der Waals surface area contributed by atoms with Gasteiger partial charge >= 0.3 is 0 Å². The smallest absolute Gasteiger partial charge is 0.237 e. The van der Waals surface area contributed by atoms with Gasteiger partial charge in [-0.1, -0.05) is 72.8 Å². The van der Waals surface area contributed by atoms with Crippen LogP contribution in [0.15, 0.2) is 66.9 Å². The number of benzene rings is 2. The van der Waals surface area contributed by atoms with Crippen molar-refractivity contribution in [1.82, 2.24) is 25.6 Å². The fourth-order valence-corrected chi connectivity index (χ4v) is 3.86. The largest absolute Gasteiger partial charge is 0.342 e. The Morgan fingerprint density at radius 3 is 2.55 bits per heavy atom. The van der Waals surface area contributed by atoms with Crippen LogP contribution < -0.4 is 10.6 Å². The molecule has 6 nitrogen and oxygen atoms in total. The van der Waals surface area contributed by atoms with E-state index in [0.29, 0.717) is 12.6 Å². The molecule has 2 heterocycles. The van der Waals surface area contributed by atoms with Gasteiger partial charge in [0.1, 0.15) is 5.69 Å². The van der Waals surface area contributed by atoms with E-state index in [9.17, 15) is 4.79 Å². The Kier molecular flexibility index (Phi) is 6.00. The summed E-state index contributed by atoms with van der Waals surface area (Å²) in [4.78, 5) is 12.9. The molecule has 1 fully saturated rings. The van der Waals surface area contributed by atoms with Gasteiger partial charge in [-0.2, -0.15) is 0 Å². The number of hydrogen-bond acceptors (Lipinski definition) is 4. The van der Waals surface area contributed by atoms with Crippen molar-refractivity contribution >= 4 is 5.91 Å². The molecule has 0 aliphatic carbocycles. The second-order valence-corrected chi connectivity index (χ2v) is 7.58. The number of aromatic nitrogens is 3. The van der Waals surface area contributed by atoms with Crippen LogP contribution in [0.1, 0.15) is 49.0 Å². The van der Waals surface area contributed by atoms with Gasteiger partial charge in [0.25, 0.3) is 0 Å². The number of rotatable bonds is 7. The molecule has 2 N–H and O–H groups in total. The SMILES string of the molecule is CC[C@H]1CCC(C(=O)NC(c2ccccc2)c2cn(Cc3ccccc3)nn2)N1. The Labute approximate surface area is 171 Å². The first-order valence-corrected chi connectivity index (χ1v) is 10.3. The molecule has 1 amide bonds. The Hall–Kier alpha value is -2.99. The van der Waals surface area contributed by atoms with E-state index in [4.69, 9.17) is 0 Å². The Morgan fingerprint density at radius 2 is 1.86 bits per heavy atom. The van der Waals surface area contributed by atoms with Crippen LogP contribution in [-0.2, 0) is 11.3 Å². The molecule has 0 saturated carbocycles. The van der Waals surface area contributed by atoms with Crippen LogP contribution in [0, 0.1) is 0 Å². The number of hydrogen-bond donors (Lipinski definition) is 2. The van der Waals surface area contributed by atoms with Crippen LogP contribution in [0.2, 0.25) is 0 Å². The average molecular weight is 390 g/mol. The minimum Gasteiger partial charge on any atom is -0.342 e. The minimum atomic E-state index is -0.323. The first-order chi connectivity index (χ1) is 14.2. The van der Waals surface area contributed by atoms with Crippen LogP contribution in [0.4, 0.5) is 0 Å². The van der Waals surface area contributed by atoms with Gasteiger partial charge in [0.05, 0.1) is 24.8 Å². The van der Waals surface area contributed by atoms with Crippen LogP contribution in [0.25, 0.3) is 0 Å². The zero-order valence-electron chi connectivity index (χ0n) is 16.7. The van der Waals surface area contributed by atoms with E-state index in [1.807, 2.05) is 59.4 Å². The number of nitrogens with one attached hydrogen (secondary N) is 2. The van der Waals surface area contributed by atoms with Gasteiger partial charge in [-0.15, -0.1) is 5.10 Å². The number of carbonyl (C=O) groups is 1. The van der Waals surface area contributed by atoms with Crippen molar-refractivity contribution in [3.8, 4) is 0 Å². The van der Waals surface area contributed by atoms with E-state index in [2.05, 4.69) is 40.0 Å². The van der Waals surface area contributed by atoms with Crippen molar-refractivity contribution in [2.45, 2.75) is 50.9 Å². The van der Waals surface area contributed by atoms with Crippen molar-refractivity contribution in [2.75, 3.05) is 0 Å². The molecule has 6 heteroatoms. The second-order valence-electron chi connectivity index (χ2n) is 7.58. The topological polar surface area (TPSA) is 71.8 Å². The van der Waals surface area contributed by atoms with Gasteiger partial charge in [0, 0.05) is 6.04 Å². The van der Waals surface area contributed by atoms with E-state index in [1.54, 1.807) is 0 Å². The van der Waals surface area contributed by atoms with Crippen LogP contribution in [0.3, 0.4) is 0 Å². The van der Waals surface area contributed by atoms with Crippen molar-refractivity contribution in [3.63, 3.8) is 0 Å². The van der Waals surface area contributed by atoms with Gasteiger partial charge in [-0.05, 0) is 30.4 Å². The summed E-state index contributed by atoms with van der Waals surface area (Å²) in [7, 11) is 0. The molecule has 1 aliphatic heterocycles. The molecule has 1 aromatic heterocycles. The maximum absolute atomic E-state index is 12.9. The third-order valence-corrected chi connectivity index (χ3v) is 5.51. The van der Waals surface area contributed by atoms with Gasteiger partial charge in [0.15, 0.2) is 0 Å². The van der Waals surface area contributed by atoms with Crippen LogP contribution in [-0.4, -0.2) is 33.0 Å². The van der Waals surface area contributed by atoms with Crippen molar-refractivity contribution < 1.29 is 4.79 Å². The van der Waals surface area contributed by atoms with Crippen molar-refractivity contribution in [2.24, 2.45) is 0 Å². The summed E-state index contributed by atoms with van der Waals surface area (Å²) >= 11 is 0. The van der Waals surface area contributed by atoms with Crippen molar-refractivity contribution in [3.05, 3.63) is 83.7 Å². The lowest BCUT2D eigenvalue weighted by Gasteiger charge is -2.20. The molecule has 0 spiro atoms. The lowest BCUT2D eigenvalue weighted by molar-refractivity contribution is -0.123. The summed E-state index contributed by atoms with van der Waals surface area (Å²) in [6.45, 7) is 2.79. The molecule has 2 aromatic carbocycles. The molecule has 150 valence electrons. The Balaban J connectivity index is 1.53. The van der Waals surface area contributed by atoms with Gasteiger partial charge in [-0.3, -0.25) is 4.79 Å². The van der Waals surface area contributed by atoms with E-state index >= 15 is 0 Å². The minimum absolute atomic E-state index is 0.0208. The van der Waals surface area contributed by atoms with Gasteiger partial charge in [-0.25, -0.2) is 4.68 Å². The Morgan fingerprint density at radius 1 is 1.14 bits per heavy atom. The fourth-order valence-electron chi connectivity index (χ4n) is 3.86. The first-order valence-electron chi connectivity index (χ1n) is 10.3. The van der Waals surface area contributed by atoms with E-state index in [-0.39, 0.29) is 18.0 Å². The highest BCUT2D eigenvalue weighted by Gasteiger charge is 2.30. The second kappa shape index (κ2) is 9.01. The average Bonchev–Trinajstić information content (AvgIpc) is 3.43. The standard InChI is InChI=1S/C23H27N5O/c1-2-19-13-14-20(24-19)23(29)25-22(18-11-7-4-8-12-18)21-16-28(27-26-21)15-17-9-5-3-6-10-17/h3-12,16,19-20,22,24H,2,13-15H2,1H3,(H,25,29)/t19-,20?,22?/m0/s1. The van der Waals surface area contributed by atoms with Crippen LogP contribution in [0.5, 0.6) is 0 Å². The number of amides is 1. The predicted octanol–water partition coefficient (Wildman–Crippen LogP) is 3.06. The van der Waals surface area contributed by atoms with Crippen molar-refractivity contribution in [1.29, 1.82) is 0 Å². The first kappa shape index (κ1) is 19.3. The maximum Gasteiger partial charge on any atom is 0.237 e. The summed E-state index contributed by atoms with van der Waals surface area (Å²) in [6, 6.07) is 20.0. The zero-order chi connectivity index (χ0) is 20.1. The van der Waals surface area contributed by atoms with Crippen LogP contribution >= 0.6 is 0 Å². The highest BCUT2D eigenvalue weighted by Crippen LogP contribution is 2.22. The highest BCUT2D eigenvalue weighted by molar-refractivity contribution is 5.82. The lowest BCUT2D eigenvalue weighted by Crippen LogP contribution is -2.44. The van der Waals surface area contributed by atoms with E-state index in [1.165, 1.54) is 0 Å². The normalized spacial score (nSPS) is 19.8. The molecule has 0 bridgehead atoms. The summed E-state index contributed by atoms with van der Waals surface area (Å²) in [5, 5.41) is 15.3. The molecular formula is C23H27N5O. The quantitative estimate of drug-likeness (QED) is 0.651. The summed E-state index contributed by atoms with van der Waals surface area (Å²) in [6.07, 6.45) is 4.87. The molecule has 4 rings (SSSR count).